The van der Waals surface area contributed by atoms with Crippen LogP contribution in [0.1, 0.15) is 348 Å². The first-order valence-corrected chi connectivity index (χ1v) is 38.2. The number of hydrogen-bond donors (Lipinski definition) is 1. The minimum Gasteiger partial charge on any atom is -0.756 e. The van der Waals surface area contributed by atoms with E-state index in [-0.39, 0.29) is 31.5 Å². The first-order valence-electron chi connectivity index (χ1n) is 36.7. The Bertz CT molecular complexity index is 1700. The van der Waals surface area contributed by atoms with E-state index in [2.05, 4.69) is 86.8 Å². The van der Waals surface area contributed by atoms with Crippen molar-refractivity contribution in [3.63, 3.8) is 0 Å². The lowest BCUT2D eigenvalue weighted by Gasteiger charge is -2.30. The second-order valence-electron chi connectivity index (χ2n) is 26.1. The van der Waals surface area contributed by atoms with Crippen molar-refractivity contribution in [2.45, 2.75) is 360 Å². The van der Waals surface area contributed by atoms with Gasteiger partial charge in [-0.25, -0.2) is 0 Å². The van der Waals surface area contributed by atoms with Crippen LogP contribution < -0.4 is 10.2 Å². The molecule has 0 aliphatic heterocycles. The molecule has 0 rings (SSSR count). The van der Waals surface area contributed by atoms with Gasteiger partial charge in [0.25, 0.3) is 7.82 Å². The molecule has 0 radical (unpaired) electrons. The molecule has 3 unspecified atom stereocenters. The average Bonchev–Trinajstić information content (AvgIpc) is 3.67. The summed E-state index contributed by atoms with van der Waals surface area (Å²) in [7, 11) is 1.19. The molecule has 0 aromatic heterocycles. The number of allylic oxidation sites excluding steroid dienone is 11. The number of phosphoric acid groups is 1. The number of nitrogens with one attached hydrogen (secondary N) is 1. The third-order valence-electron chi connectivity index (χ3n) is 16.4. The van der Waals surface area contributed by atoms with Gasteiger partial charge >= 0.3 is 5.97 Å². The van der Waals surface area contributed by atoms with Gasteiger partial charge in [-0.1, -0.05) is 332 Å². The highest BCUT2D eigenvalue weighted by Crippen LogP contribution is 2.38. The molecular weight excluding hydrogens is 1080 g/mol. The Hall–Kier alpha value is -2.55. The van der Waals surface area contributed by atoms with Crippen LogP contribution in [0.5, 0.6) is 0 Å². The van der Waals surface area contributed by atoms with Crippen molar-refractivity contribution in [2.75, 3.05) is 40.9 Å². The quantitative estimate of drug-likeness (QED) is 0.0212. The molecule has 0 saturated heterocycles. The minimum absolute atomic E-state index is 0.0229. The maximum Gasteiger partial charge on any atom is 0.306 e. The van der Waals surface area contributed by atoms with Gasteiger partial charge in [-0.3, -0.25) is 14.2 Å². The Morgan fingerprint density at radius 3 is 1.12 bits per heavy atom. The highest BCUT2D eigenvalue weighted by atomic mass is 31.2. The van der Waals surface area contributed by atoms with E-state index in [1.54, 1.807) is 0 Å². The van der Waals surface area contributed by atoms with Gasteiger partial charge in [0.2, 0.25) is 5.91 Å². The van der Waals surface area contributed by atoms with Gasteiger partial charge in [-0.2, -0.15) is 0 Å². The summed E-state index contributed by atoms with van der Waals surface area (Å²) in [6, 6.07) is -0.891. The number of quaternary nitrogens is 1. The largest absolute Gasteiger partial charge is 0.756 e. The van der Waals surface area contributed by atoms with E-state index in [9.17, 15) is 19.0 Å². The molecule has 3 atom stereocenters. The van der Waals surface area contributed by atoms with Gasteiger partial charge in [-0.05, 0) is 76.7 Å². The fourth-order valence-corrected chi connectivity index (χ4v) is 11.5. The molecule has 9 nitrogen and oxygen atoms in total. The van der Waals surface area contributed by atoms with E-state index in [0.717, 1.165) is 96.3 Å². The molecule has 0 aromatic carbocycles. The maximum atomic E-state index is 13.6. The van der Waals surface area contributed by atoms with Gasteiger partial charge in [-0.15, -0.1) is 0 Å². The number of nitrogens with zero attached hydrogens (tertiary/aromatic N) is 1. The summed E-state index contributed by atoms with van der Waals surface area (Å²) in [5, 5.41) is 3.05. The molecule has 86 heavy (non-hydrogen) atoms. The molecule has 0 heterocycles. The van der Waals surface area contributed by atoms with Crippen LogP contribution in [-0.4, -0.2) is 69.4 Å². The fourth-order valence-electron chi connectivity index (χ4n) is 10.8. The van der Waals surface area contributed by atoms with Gasteiger partial charge in [0, 0.05) is 12.8 Å². The topological polar surface area (TPSA) is 114 Å². The lowest BCUT2D eigenvalue weighted by Crippen LogP contribution is -2.47. The molecule has 502 valence electrons. The first-order chi connectivity index (χ1) is 41.9. The van der Waals surface area contributed by atoms with Crippen molar-refractivity contribution in [3.8, 4) is 0 Å². The summed E-state index contributed by atoms with van der Waals surface area (Å²) in [6.45, 7) is 6.78. The van der Waals surface area contributed by atoms with Crippen molar-refractivity contribution >= 4 is 19.7 Å². The zero-order valence-corrected chi connectivity index (χ0v) is 58.4. The number of carbonyl (C=O) groups excluding carboxylic acids is 2. The van der Waals surface area contributed by atoms with Crippen molar-refractivity contribution in [1.82, 2.24) is 5.32 Å². The summed E-state index contributed by atoms with van der Waals surface area (Å²) in [6.07, 6.45) is 86.0. The second-order valence-corrected chi connectivity index (χ2v) is 27.5. The van der Waals surface area contributed by atoms with Crippen molar-refractivity contribution in [2.24, 2.45) is 0 Å². The maximum absolute atomic E-state index is 13.6. The summed E-state index contributed by atoms with van der Waals surface area (Å²) in [4.78, 5) is 40.2. The number of unbranched alkanes of at least 4 members (excludes halogenated alkanes) is 41. The van der Waals surface area contributed by atoms with E-state index in [1.165, 1.54) is 218 Å². The molecule has 0 aromatic rings. The normalized spacial score (nSPS) is 13.9. The van der Waals surface area contributed by atoms with Crippen LogP contribution >= 0.6 is 7.82 Å². The van der Waals surface area contributed by atoms with Crippen LogP contribution in [0, 0.1) is 0 Å². The zero-order valence-electron chi connectivity index (χ0n) is 57.5. The summed E-state index contributed by atoms with van der Waals surface area (Å²) in [5.74, 6) is -0.530. The standard InChI is InChI=1S/C76H141N2O7P/c1-7-10-13-16-19-22-25-28-30-32-34-36-37-38-39-40-41-43-44-46-48-50-53-56-59-62-65-68-75(79)77-73(72-84-86(81,82)83-71-70-78(4,5)6)74(67-64-61-58-55-52-27-24-21-18-15-12-9-3)85-76(80)69-66-63-60-57-54-51-49-47-45-42-35-33-31-29-26-23-20-17-14-11-8-2/h10,13,19,22,28,30,34,36,38-39,64,67,73-74H,7-9,11-12,14-18,20-21,23-27,29,31-33,35,37,40-63,65-66,68-72H2,1-6H3,(H-,77,79,81,82)/b13-10-,22-19-,30-28-,36-34-,39-38-,67-64-. The molecule has 0 spiro atoms. The van der Waals surface area contributed by atoms with Crippen LogP contribution in [0.25, 0.3) is 0 Å². The molecule has 0 aliphatic carbocycles. The molecule has 0 aliphatic rings. The molecule has 1 amide bonds. The number of ether oxygens (including phenoxy) is 1. The Morgan fingerprint density at radius 1 is 0.419 bits per heavy atom. The number of phosphoric ester groups is 1. The molecule has 1 N–H and O–H groups in total. The zero-order chi connectivity index (χ0) is 62.8. The van der Waals surface area contributed by atoms with Crippen LogP contribution in [-0.2, 0) is 27.9 Å². The Kier molecular flexibility index (Phi) is 63.5. The van der Waals surface area contributed by atoms with Gasteiger partial charge in [0.15, 0.2) is 0 Å². The highest BCUT2D eigenvalue weighted by molar-refractivity contribution is 7.45. The SMILES string of the molecule is CC/C=C\C/C=C\C/C=C\C/C=C\C/C=C\CCCCCCCCCCCCCC(=O)NC(COP(=O)([O-])OCC[N+](C)(C)C)C(/C=C\CCCCCCCCCCCC)OC(=O)CCCCCCCCCCCCCCCCCCCCCCC. The summed E-state index contributed by atoms with van der Waals surface area (Å²) >= 11 is 0. The minimum atomic E-state index is -4.71. The third-order valence-corrected chi connectivity index (χ3v) is 17.4. The molecule has 0 saturated carbocycles. The number of carbonyl (C=O) groups is 2. The van der Waals surface area contributed by atoms with Crippen molar-refractivity contribution in [1.29, 1.82) is 0 Å². The van der Waals surface area contributed by atoms with Crippen molar-refractivity contribution < 1.29 is 37.3 Å². The van der Waals surface area contributed by atoms with Crippen LogP contribution in [0.15, 0.2) is 72.9 Å². The van der Waals surface area contributed by atoms with E-state index >= 15 is 0 Å². The molecule has 0 bridgehead atoms. The lowest BCUT2D eigenvalue weighted by molar-refractivity contribution is -0.870. The van der Waals surface area contributed by atoms with Gasteiger partial charge in [0.05, 0.1) is 33.8 Å². The summed E-state index contributed by atoms with van der Waals surface area (Å²) in [5.41, 5.74) is 0. The Labute approximate surface area is 533 Å². The van der Waals surface area contributed by atoms with E-state index in [0.29, 0.717) is 17.4 Å². The van der Waals surface area contributed by atoms with Crippen LogP contribution in [0.4, 0.5) is 0 Å². The van der Waals surface area contributed by atoms with Gasteiger partial charge in [0.1, 0.15) is 19.3 Å². The first kappa shape index (κ1) is 83.5. The number of hydrogen-bond acceptors (Lipinski definition) is 7. The molecule has 0 fully saturated rings. The predicted octanol–water partition coefficient (Wildman–Crippen LogP) is 22.9. The Morgan fingerprint density at radius 2 is 0.744 bits per heavy atom. The fraction of sp³-hybridized carbons (Fsp3) is 0.816. The third kappa shape index (κ3) is 65.9. The lowest BCUT2D eigenvalue weighted by atomic mass is 10.0. The smallest absolute Gasteiger partial charge is 0.306 e. The Balaban J connectivity index is 5.01. The van der Waals surface area contributed by atoms with Gasteiger partial charge < -0.3 is 28.5 Å². The van der Waals surface area contributed by atoms with E-state index < -0.39 is 20.0 Å². The highest BCUT2D eigenvalue weighted by Gasteiger charge is 2.27. The van der Waals surface area contributed by atoms with Crippen molar-refractivity contribution in [3.05, 3.63) is 72.9 Å². The van der Waals surface area contributed by atoms with E-state index in [4.69, 9.17) is 13.8 Å². The second kappa shape index (κ2) is 65.4. The number of rotatable bonds is 67. The van der Waals surface area contributed by atoms with Crippen LogP contribution in [0.2, 0.25) is 0 Å². The number of esters is 1. The number of amides is 1. The number of likely N-dealkylation sites (N-methyl/N-ethyl adjacent to an activating group) is 1. The van der Waals surface area contributed by atoms with Crippen LogP contribution in [0.3, 0.4) is 0 Å². The average molecular weight is 1230 g/mol. The molecular formula is C76H141N2O7P. The predicted molar refractivity (Wildman–Crippen MR) is 372 cm³/mol. The molecule has 10 heteroatoms. The monoisotopic (exact) mass is 1230 g/mol. The van der Waals surface area contributed by atoms with E-state index in [1.807, 2.05) is 33.3 Å². The summed E-state index contributed by atoms with van der Waals surface area (Å²) < 4.78 is 30.5.